The van der Waals surface area contributed by atoms with E-state index in [1.54, 1.807) is 0 Å². The standard InChI is InChI=1S/C17H25N5/c1-2-22-15(7-9-19-22)12-20-10-8-14(11-20)21-13-18-16-5-3-4-6-17(16)21/h7,9,13-14H,2-6,8,10-12H2,1H3/t14-/m0/s1. The molecule has 118 valence electrons. The van der Waals surface area contributed by atoms with Crippen LogP contribution in [-0.4, -0.2) is 37.3 Å². The lowest BCUT2D eigenvalue weighted by molar-refractivity contribution is 0.304. The number of imidazole rings is 1. The number of hydrogen-bond donors (Lipinski definition) is 0. The maximum atomic E-state index is 4.66. The van der Waals surface area contributed by atoms with Crippen LogP contribution in [0.25, 0.3) is 0 Å². The van der Waals surface area contributed by atoms with Gasteiger partial charge in [-0.3, -0.25) is 9.58 Å². The Morgan fingerprint density at radius 1 is 1.27 bits per heavy atom. The molecule has 1 fully saturated rings. The number of aromatic nitrogens is 4. The zero-order valence-electron chi connectivity index (χ0n) is 13.4. The van der Waals surface area contributed by atoms with Gasteiger partial charge < -0.3 is 4.57 Å². The molecule has 0 amide bonds. The lowest BCUT2D eigenvalue weighted by Crippen LogP contribution is -2.23. The second-order valence-corrected chi connectivity index (χ2v) is 6.57. The highest BCUT2D eigenvalue weighted by Gasteiger charge is 2.27. The molecule has 22 heavy (non-hydrogen) atoms. The van der Waals surface area contributed by atoms with Crippen molar-refractivity contribution in [1.82, 2.24) is 24.2 Å². The van der Waals surface area contributed by atoms with Crippen LogP contribution in [0.4, 0.5) is 0 Å². The van der Waals surface area contributed by atoms with Crippen LogP contribution < -0.4 is 0 Å². The van der Waals surface area contributed by atoms with Crippen LogP contribution in [0.3, 0.4) is 0 Å². The van der Waals surface area contributed by atoms with Gasteiger partial charge in [0.1, 0.15) is 0 Å². The van der Waals surface area contributed by atoms with Gasteiger partial charge in [-0.2, -0.15) is 5.10 Å². The van der Waals surface area contributed by atoms with E-state index in [0.29, 0.717) is 6.04 Å². The first-order chi connectivity index (χ1) is 10.8. The Morgan fingerprint density at radius 3 is 3.09 bits per heavy atom. The molecule has 1 aliphatic carbocycles. The summed E-state index contributed by atoms with van der Waals surface area (Å²) in [5, 5.41) is 4.38. The molecular weight excluding hydrogens is 274 g/mol. The molecule has 0 radical (unpaired) electrons. The number of fused-ring (bicyclic) bond motifs is 1. The van der Waals surface area contributed by atoms with E-state index in [9.17, 15) is 0 Å². The predicted molar refractivity (Wildman–Crippen MR) is 85.7 cm³/mol. The largest absolute Gasteiger partial charge is 0.330 e. The van der Waals surface area contributed by atoms with Crippen molar-refractivity contribution in [3.63, 3.8) is 0 Å². The lowest BCUT2D eigenvalue weighted by atomic mass is 10.0. The van der Waals surface area contributed by atoms with Gasteiger partial charge in [-0.1, -0.05) is 0 Å². The SMILES string of the molecule is CCn1nccc1CN1CC[C@H](n2cnc3c2CCCC3)C1. The molecule has 2 aliphatic rings. The molecule has 0 aromatic carbocycles. The summed E-state index contributed by atoms with van der Waals surface area (Å²) in [5.74, 6) is 0. The number of nitrogens with zero attached hydrogens (tertiary/aromatic N) is 5. The van der Waals surface area contributed by atoms with E-state index in [2.05, 4.69) is 43.5 Å². The number of rotatable bonds is 4. The number of aryl methyl sites for hydroxylation is 2. The Labute approximate surface area is 131 Å². The molecule has 0 unspecified atom stereocenters. The molecule has 2 aromatic rings. The Balaban J connectivity index is 1.45. The molecular formula is C17H25N5. The van der Waals surface area contributed by atoms with Gasteiger partial charge in [0, 0.05) is 44.1 Å². The Morgan fingerprint density at radius 2 is 2.18 bits per heavy atom. The van der Waals surface area contributed by atoms with Gasteiger partial charge in [-0.05, 0) is 45.1 Å². The van der Waals surface area contributed by atoms with Crippen molar-refractivity contribution >= 4 is 0 Å². The zero-order chi connectivity index (χ0) is 14.9. The summed E-state index contributed by atoms with van der Waals surface area (Å²) in [7, 11) is 0. The summed E-state index contributed by atoms with van der Waals surface area (Å²) in [6.07, 6.45) is 10.3. The minimum Gasteiger partial charge on any atom is -0.330 e. The van der Waals surface area contributed by atoms with Gasteiger partial charge >= 0.3 is 0 Å². The summed E-state index contributed by atoms with van der Waals surface area (Å²) in [5.41, 5.74) is 4.20. The highest BCUT2D eigenvalue weighted by Crippen LogP contribution is 2.28. The van der Waals surface area contributed by atoms with E-state index >= 15 is 0 Å². The van der Waals surface area contributed by atoms with Gasteiger partial charge in [-0.25, -0.2) is 4.98 Å². The molecule has 1 aliphatic heterocycles. The van der Waals surface area contributed by atoms with Crippen molar-refractivity contribution in [3.05, 3.63) is 35.7 Å². The monoisotopic (exact) mass is 299 g/mol. The minimum absolute atomic E-state index is 0.604. The van der Waals surface area contributed by atoms with E-state index in [1.165, 1.54) is 55.7 Å². The molecule has 1 atom stereocenters. The van der Waals surface area contributed by atoms with Gasteiger partial charge in [-0.15, -0.1) is 0 Å². The van der Waals surface area contributed by atoms with E-state index in [1.807, 2.05) is 6.20 Å². The van der Waals surface area contributed by atoms with Crippen LogP contribution in [-0.2, 0) is 25.9 Å². The average molecular weight is 299 g/mol. The maximum absolute atomic E-state index is 4.66. The molecule has 0 N–H and O–H groups in total. The third kappa shape index (κ3) is 2.47. The van der Waals surface area contributed by atoms with Gasteiger partial charge in [0.05, 0.1) is 17.7 Å². The summed E-state index contributed by atoms with van der Waals surface area (Å²) in [6.45, 7) is 6.43. The zero-order valence-corrected chi connectivity index (χ0v) is 13.4. The summed E-state index contributed by atoms with van der Waals surface area (Å²) in [4.78, 5) is 7.22. The third-order valence-electron chi connectivity index (χ3n) is 5.19. The van der Waals surface area contributed by atoms with E-state index in [0.717, 1.165) is 19.6 Å². The summed E-state index contributed by atoms with van der Waals surface area (Å²) in [6, 6.07) is 2.75. The molecule has 1 saturated heterocycles. The van der Waals surface area contributed by atoms with Crippen molar-refractivity contribution in [2.24, 2.45) is 0 Å². The highest BCUT2D eigenvalue weighted by atomic mass is 15.3. The first kappa shape index (κ1) is 14.0. The van der Waals surface area contributed by atoms with Crippen LogP contribution in [0, 0.1) is 0 Å². The highest BCUT2D eigenvalue weighted by molar-refractivity contribution is 5.17. The molecule has 4 rings (SSSR count). The number of hydrogen-bond acceptors (Lipinski definition) is 3. The Kier molecular flexibility index (Phi) is 3.74. The molecule has 3 heterocycles. The fraction of sp³-hybridized carbons (Fsp3) is 0.647. The lowest BCUT2D eigenvalue weighted by Gasteiger charge is -2.20. The van der Waals surface area contributed by atoms with Crippen molar-refractivity contribution in [1.29, 1.82) is 0 Å². The average Bonchev–Trinajstić information content (AvgIpc) is 3.26. The van der Waals surface area contributed by atoms with Gasteiger partial charge in [0.2, 0.25) is 0 Å². The Hall–Kier alpha value is -1.62. The van der Waals surface area contributed by atoms with Crippen molar-refractivity contribution in [2.75, 3.05) is 13.1 Å². The van der Waals surface area contributed by atoms with Gasteiger partial charge in [0.15, 0.2) is 0 Å². The predicted octanol–water partition coefficient (Wildman–Crippen LogP) is 2.43. The van der Waals surface area contributed by atoms with Crippen molar-refractivity contribution in [3.8, 4) is 0 Å². The van der Waals surface area contributed by atoms with Crippen molar-refractivity contribution in [2.45, 2.75) is 58.2 Å². The normalized spacial score (nSPS) is 22.1. The second-order valence-electron chi connectivity index (χ2n) is 6.57. The third-order valence-corrected chi connectivity index (χ3v) is 5.19. The first-order valence-corrected chi connectivity index (χ1v) is 8.62. The van der Waals surface area contributed by atoms with Crippen LogP contribution in [0.1, 0.15) is 49.3 Å². The maximum Gasteiger partial charge on any atom is 0.0954 e. The molecule has 5 nitrogen and oxygen atoms in total. The fourth-order valence-corrected chi connectivity index (χ4v) is 4.00. The van der Waals surface area contributed by atoms with Crippen LogP contribution in [0.5, 0.6) is 0 Å². The summed E-state index contributed by atoms with van der Waals surface area (Å²) < 4.78 is 4.58. The fourth-order valence-electron chi connectivity index (χ4n) is 4.00. The Bertz CT molecular complexity index is 641. The van der Waals surface area contributed by atoms with Crippen LogP contribution in [0.15, 0.2) is 18.6 Å². The smallest absolute Gasteiger partial charge is 0.0954 e. The van der Waals surface area contributed by atoms with Gasteiger partial charge in [0.25, 0.3) is 0 Å². The quantitative estimate of drug-likeness (QED) is 0.870. The first-order valence-electron chi connectivity index (χ1n) is 8.62. The molecule has 0 saturated carbocycles. The van der Waals surface area contributed by atoms with Crippen LogP contribution >= 0.6 is 0 Å². The van der Waals surface area contributed by atoms with E-state index in [-0.39, 0.29) is 0 Å². The molecule has 2 aromatic heterocycles. The van der Waals surface area contributed by atoms with Crippen LogP contribution in [0.2, 0.25) is 0 Å². The minimum atomic E-state index is 0.604. The molecule has 0 spiro atoms. The molecule has 5 heteroatoms. The van der Waals surface area contributed by atoms with E-state index in [4.69, 9.17) is 0 Å². The number of likely N-dealkylation sites (tertiary alicyclic amines) is 1. The topological polar surface area (TPSA) is 38.9 Å². The summed E-state index contributed by atoms with van der Waals surface area (Å²) >= 11 is 0. The van der Waals surface area contributed by atoms with E-state index < -0.39 is 0 Å². The van der Waals surface area contributed by atoms with Crippen molar-refractivity contribution < 1.29 is 0 Å². The second kappa shape index (κ2) is 5.88. The molecule has 0 bridgehead atoms.